The molecule has 2 N–H and O–H groups in total. The lowest BCUT2D eigenvalue weighted by Gasteiger charge is -2.05. The van der Waals surface area contributed by atoms with Crippen molar-refractivity contribution in [3.8, 4) is 0 Å². The van der Waals surface area contributed by atoms with Gasteiger partial charge in [-0.1, -0.05) is 0 Å². The van der Waals surface area contributed by atoms with Crippen molar-refractivity contribution in [1.82, 2.24) is 10.6 Å². The molecule has 0 spiro atoms. The molecule has 0 aliphatic rings. The van der Waals surface area contributed by atoms with E-state index in [2.05, 4.69) is 10.6 Å². The van der Waals surface area contributed by atoms with E-state index in [1.54, 1.807) is 30.0 Å². The maximum atomic E-state index is 11.6. The lowest BCUT2D eigenvalue weighted by molar-refractivity contribution is -0.121. The first-order chi connectivity index (χ1) is 9.25. The standard InChI is InChI=1S/C13H14N2O3S/c16-12(15-7-10-2-5-18-8-10)1-4-14-13(17)11-3-6-19-9-11/h2-3,5-6,8-9H,1,4,7H2,(H,14,17)(H,15,16). The van der Waals surface area contributed by atoms with Crippen LogP contribution in [0.25, 0.3) is 0 Å². The first-order valence-electron chi connectivity index (χ1n) is 5.84. The Morgan fingerprint density at radius 1 is 1.26 bits per heavy atom. The molecule has 0 radical (unpaired) electrons. The fourth-order valence-corrected chi connectivity index (χ4v) is 2.10. The fourth-order valence-electron chi connectivity index (χ4n) is 1.47. The van der Waals surface area contributed by atoms with E-state index in [0.717, 1.165) is 5.56 Å². The molecule has 0 aromatic carbocycles. The Hall–Kier alpha value is -2.08. The van der Waals surface area contributed by atoms with Gasteiger partial charge < -0.3 is 15.1 Å². The van der Waals surface area contributed by atoms with Gasteiger partial charge in [-0.15, -0.1) is 0 Å². The molecule has 0 bridgehead atoms. The molecular weight excluding hydrogens is 264 g/mol. The Balaban J connectivity index is 1.63. The monoisotopic (exact) mass is 278 g/mol. The van der Waals surface area contributed by atoms with Crippen molar-refractivity contribution in [3.63, 3.8) is 0 Å². The Labute approximate surface area is 114 Å². The number of hydrogen-bond donors (Lipinski definition) is 2. The zero-order valence-corrected chi connectivity index (χ0v) is 11.0. The zero-order chi connectivity index (χ0) is 13.5. The predicted octanol–water partition coefficient (Wildman–Crippen LogP) is 1.78. The highest BCUT2D eigenvalue weighted by Gasteiger charge is 2.06. The fraction of sp³-hybridized carbons (Fsp3) is 0.231. The summed E-state index contributed by atoms with van der Waals surface area (Å²) in [6.07, 6.45) is 3.40. The molecule has 6 heteroatoms. The Morgan fingerprint density at radius 2 is 2.16 bits per heavy atom. The van der Waals surface area contributed by atoms with E-state index in [1.165, 1.54) is 11.3 Å². The van der Waals surface area contributed by atoms with Crippen molar-refractivity contribution in [3.05, 3.63) is 46.5 Å². The number of nitrogens with one attached hydrogen (secondary N) is 2. The van der Waals surface area contributed by atoms with E-state index in [-0.39, 0.29) is 18.2 Å². The summed E-state index contributed by atoms with van der Waals surface area (Å²) in [6, 6.07) is 3.54. The van der Waals surface area contributed by atoms with Gasteiger partial charge >= 0.3 is 0 Å². The third kappa shape index (κ3) is 4.26. The van der Waals surface area contributed by atoms with E-state index in [1.807, 2.05) is 5.38 Å². The zero-order valence-electron chi connectivity index (χ0n) is 10.2. The van der Waals surface area contributed by atoms with Crippen LogP contribution in [0.1, 0.15) is 22.3 Å². The van der Waals surface area contributed by atoms with Gasteiger partial charge in [-0.05, 0) is 17.5 Å². The summed E-state index contributed by atoms with van der Waals surface area (Å²) in [7, 11) is 0. The smallest absolute Gasteiger partial charge is 0.252 e. The van der Waals surface area contributed by atoms with Gasteiger partial charge in [0.15, 0.2) is 0 Å². The molecule has 0 saturated heterocycles. The Morgan fingerprint density at radius 3 is 2.84 bits per heavy atom. The van der Waals surface area contributed by atoms with Gasteiger partial charge in [-0.2, -0.15) is 11.3 Å². The molecule has 2 aromatic heterocycles. The average molecular weight is 278 g/mol. The lowest BCUT2D eigenvalue weighted by atomic mass is 10.3. The van der Waals surface area contributed by atoms with Crippen LogP contribution in [0.2, 0.25) is 0 Å². The largest absolute Gasteiger partial charge is 0.472 e. The molecule has 0 atom stereocenters. The Bertz CT molecular complexity index is 520. The first kappa shape index (κ1) is 13.4. The molecule has 0 unspecified atom stereocenters. The van der Waals surface area contributed by atoms with Crippen molar-refractivity contribution in [2.75, 3.05) is 6.54 Å². The number of thiophene rings is 1. The van der Waals surface area contributed by atoms with Crippen LogP contribution in [0, 0.1) is 0 Å². The van der Waals surface area contributed by atoms with Gasteiger partial charge in [0.2, 0.25) is 5.91 Å². The Kier molecular flexibility index (Phi) is 4.74. The van der Waals surface area contributed by atoms with Crippen LogP contribution < -0.4 is 10.6 Å². The second kappa shape index (κ2) is 6.75. The summed E-state index contributed by atoms with van der Waals surface area (Å²) in [5.74, 6) is -0.254. The number of rotatable bonds is 6. The van der Waals surface area contributed by atoms with Crippen LogP contribution in [0.3, 0.4) is 0 Å². The minimum atomic E-state index is -0.149. The highest BCUT2D eigenvalue weighted by Crippen LogP contribution is 2.05. The second-order valence-corrected chi connectivity index (χ2v) is 4.71. The van der Waals surface area contributed by atoms with E-state index in [0.29, 0.717) is 18.7 Å². The minimum Gasteiger partial charge on any atom is -0.472 e. The van der Waals surface area contributed by atoms with Gasteiger partial charge in [-0.25, -0.2) is 0 Å². The van der Waals surface area contributed by atoms with Gasteiger partial charge in [0.05, 0.1) is 12.5 Å². The second-order valence-electron chi connectivity index (χ2n) is 3.93. The lowest BCUT2D eigenvalue weighted by Crippen LogP contribution is -2.30. The molecule has 2 rings (SSSR count). The first-order valence-corrected chi connectivity index (χ1v) is 6.78. The van der Waals surface area contributed by atoms with Crippen molar-refractivity contribution < 1.29 is 14.0 Å². The van der Waals surface area contributed by atoms with Crippen molar-refractivity contribution >= 4 is 23.2 Å². The van der Waals surface area contributed by atoms with Crippen molar-refractivity contribution in [1.29, 1.82) is 0 Å². The van der Waals surface area contributed by atoms with Crippen molar-refractivity contribution in [2.45, 2.75) is 13.0 Å². The quantitative estimate of drug-likeness (QED) is 0.846. The van der Waals surface area contributed by atoms with Gasteiger partial charge in [-0.3, -0.25) is 9.59 Å². The summed E-state index contributed by atoms with van der Waals surface area (Å²) in [5.41, 5.74) is 1.54. The van der Waals surface area contributed by atoms with Gasteiger partial charge in [0.25, 0.3) is 5.91 Å². The molecule has 0 saturated carbocycles. The molecule has 0 aliphatic heterocycles. The molecular formula is C13H14N2O3S. The van der Waals surface area contributed by atoms with Crippen LogP contribution in [0.15, 0.2) is 39.8 Å². The summed E-state index contributed by atoms with van der Waals surface area (Å²) in [6.45, 7) is 0.764. The summed E-state index contributed by atoms with van der Waals surface area (Å²) >= 11 is 1.47. The number of amides is 2. The normalized spacial score (nSPS) is 10.1. The van der Waals surface area contributed by atoms with E-state index >= 15 is 0 Å². The maximum Gasteiger partial charge on any atom is 0.252 e. The average Bonchev–Trinajstić information content (AvgIpc) is 3.09. The van der Waals surface area contributed by atoms with Gasteiger partial charge in [0.1, 0.15) is 0 Å². The van der Waals surface area contributed by atoms with E-state index < -0.39 is 0 Å². The van der Waals surface area contributed by atoms with Crippen LogP contribution in [0.5, 0.6) is 0 Å². The molecule has 2 aromatic rings. The summed E-state index contributed by atoms with van der Waals surface area (Å²) in [4.78, 5) is 23.1. The van der Waals surface area contributed by atoms with Gasteiger partial charge in [0, 0.05) is 36.0 Å². The molecule has 2 heterocycles. The number of hydrogen-bond acceptors (Lipinski definition) is 4. The highest BCUT2D eigenvalue weighted by atomic mass is 32.1. The number of furan rings is 1. The predicted molar refractivity (Wildman–Crippen MR) is 71.8 cm³/mol. The summed E-state index contributed by atoms with van der Waals surface area (Å²) < 4.78 is 4.89. The SMILES string of the molecule is O=C(CCNC(=O)c1ccsc1)NCc1ccoc1. The van der Waals surface area contributed by atoms with Crippen LogP contribution in [0.4, 0.5) is 0 Å². The van der Waals surface area contributed by atoms with E-state index in [4.69, 9.17) is 4.42 Å². The van der Waals surface area contributed by atoms with Crippen molar-refractivity contribution in [2.24, 2.45) is 0 Å². The topological polar surface area (TPSA) is 71.3 Å². The van der Waals surface area contributed by atoms with Crippen LogP contribution >= 0.6 is 11.3 Å². The molecule has 0 aliphatic carbocycles. The molecule has 100 valence electrons. The third-order valence-corrected chi connectivity index (χ3v) is 3.17. The van der Waals surface area contributed by atoms with E-state index in [9.17, 15) is 9.59 Å². The summed E-state index contributed by atoms with van der Waals surface area (Å²) in [5, 5.41) is 9.05. The maximum absolute atomic E-state index is 11.6. The van der Waals surface area contributed by atoms with Crippen LogP contribution in [-0.4, -0.2) is 18.4 Å². The molecule has 0 fully saturated rings. The molecule has 19 heavy (non-hydrogen) atoms. The third-order valence-electron chi connectivity index (χ3n) is 2.49. The minimum absolute atomic E-state index is 0.105. The highest BCUT2D eigenvalue weighted by molar-refractivity contribution is 7.08. The van der Waals surface area contributed by atoms with Crippen LogP contribution in [-0.2, 0) is 11.3 Å². The number of carbonyl (C=O) groups is 2. The number of carbonyl (C=O) groups excluding carboxylic acids is 2. The molecule has 5 nitrogen and oxygen atoms in total. The molecule has 2 amide bonds.